The van der Waals surface area contributed by atoms with Crippen LogP contribution < -0.4 is 4.18 Å². The van der Waals surface area contributed by atoms with Crippen LogP contribution in [-0.2, 0) is 20.0 Å². The Labute approximate surface area is 156 Å². The topological polar surface area (TPSA) is 121 Å². The van der Waals surface area contributed by atoms with Crippen molar-refractivity contribution in [1.82, 2.24) is 0 Å². The van der Waals surface area contributed by atoms with E-state index in [2.05, 4.69) is 15.9 Å². The molecule has 0 saturated carbocycles. The lowest BCUT2D eigenvalue weighted by Gasteiger charge is -2.11. The maximum Gasteiger partial charge on any atom is 0.340 e. The molecule has 0 aromatic heterocycles. The summed E-state index contributed by atoms with van der Waals surface area (Å²) in [5, 5.41) is 10.4. The zero-order valence-corrected chi connectivity index (χ0v) is 16.3. The lowest BCUT2D eigenvalue weighted by Crippen LogP contribution is -2.12. The third-order valence-electron chi connectivity index (χ3n) is 2.93. The van der Waals surface area contributed by atoms with Crippen molar-refractivity contribution in [3.63, 3.8) is 0 Å². The van der Waals surface area contributed by atoms with E-state index in [0.29, 0.717) is 0 Å². The molecule has 0 saturated heterocycles. The molecule has 0 heterocycles. The summed E-state index contributed by atoms with van der Waals surface area (Å²) >= 11 is 8.83. The molecule has 25 heavy (non-hydrogen) atoms. The van der Waals surface area contributed by atoms with Gasteiger partial charge in [-0.05, 0) is 40.2 Å². The Morgan fingerprint density at radius 3 is 2.28 bits per heavy atom. The summed E-state index contributed by atoms with van der Waals surface area (Å²) in [6, 6.07) is 6.43. The number of benzene rings is 2. The molecular weight excluding hydrogens is 462 g/mol. The Hall–Kier alpha value is -1.69. The minimum absolute atomic E-state index is 0.0814. The Bertz CT molecular complexity index is 1070. The van der Waals surface area contributed by atoms with E-state index in [1.165, 1.54) is 12.1 Å². The van der Waals surface area contributed by atoms with E-state index in [-0.39, 0.29) is 25.8 Å². The second-order valence-corrected chi connectivity index (χ2v) is 9.57. The van der Waals surface area contributed by atoms with Gasteiger partial charge in [0.25, 0.3) is 5.69 Å². The Morgan fingerprint density at radius 1 is 1.12 bits per heavy atom. The fourth-order valence-electron chi connectivity index (χ4n) is 1.74. The van der Waals surface area contributed by atoms with Crippen molar-refractivity contribution in [2.24, 2.45) is 0 Å². The largest absolute Gasteiger partial charge is 0.377 e. The number of rotatable bonds is 5. The van der Waals surface area contributed by atoms with Gasteiger partial charge in [-0.1, -0.05) is 11.6 Å². The van der Waals surface area contributed by atoms with Gasteiger partial charge in [0, 0.05) is 22.9 Å². The smallest absolute Gasteiger partial charge is 0.340 e. The van der Waals surface area contributed by atoms with Crippen molar-refractivity contribution in [1.29, 1.82) is 0 Å². The van der Waals surface area contributed by atoms with Crippen LogP contribution in [0, 0.1) is 10.1 Å². The predicted molar refractivity (Wildman–Crippen MR) is 93.2 cm³/mol. The molecule has 0 amide bonds. The van der Waals surface area contributed by atoms with Crippen LogP contribution in [-0.4, -0.2) is 28.0 Å². The van der Waals surface area contributed by atoms with Gasteiger partial charge >= 0.3 is 10.1 Å². The van der Waals surface area contributed by atoms with Crippen LogP contribution >= 0.6 is 27.5 Å². The van der Waals surface area contributed by atoms with Crippen LogP contribution in [0.1, 0.15) is 0 Å². The van der Waals surface area contributed by atoms with Gasteiger partial charge in [0.1, 0.15) is 4.90 Å². The first-order valence-electron chi connectivity index (χ1n) is 6.30. The average Bonchev–Trinajstić information content (AvgIpc) is 2.48. The molecular formula is C13H9BrClNO7S2. The van der Waals surface area contributed by atoms with Crippen LogP contribution in [0.5, 0.6) is 5.75 Å². The Morgan fingerprint density at radius 2 is 1.76 bits per heavy atom. The van der Waals surface area contributed by atoms with E-state index in [1.807, 2.05) is 0 Å². The van der Waals surface area contributed by atoms with Crippen molar-refractivity contribution in [2.45, 2.75) is 9.79 Å². The number of hydrogen-bond acceptors (Lipinski definition) is 7. The van der Waals surface area contributed by atoms with E-state index in [9.17, 15) is 26.9 Å². The Balaban J connectivity index is 2.49. The highest BCUT2D eigenvalue weighted by Crippen LogP contribution is 2.33. The van der Waals surface area contributed by atoms with Crippen LogP contribution in [0.15, 0.2) is 50.7 Å². The molecule has 8 nitrogen and oxygen atoms in total. The third kappa shape index (κ3) is 4.48. The molecule has 0 spiro atoms. The highest BCUT2D eigenvalue weighted by atomic mass is 79.9. The average molecular weight is 471 g/mol. The van der Waals surface area contributed by atoms with Crippen molar-refractivity contribution < 1.29 is 25.9 Å². The number of halogens is 2. The minimum atomic E-state index is -4.45. The van der Waals surface area contributed by atoms with Gasteiger partial charge in [-0.25, -0.2) is 8.42 Å². The molecule has 0 fully saturated rings. The van der Waals surface area contributed by atoms with Gasteiger partial charge in [-0.3, -0.25) is 10.1 Å². The lowest BCUT2D eigenvalue weighted by molar-refractivity contribution is -0.384. The van der Waals surface area contributed by atoms with Gasteiger partial charge in [0.05, 0.1) is 14.8 Å². The lowest BCUT2D eigenvalue weighted by atomic mass is 10.3. The van der Waals surface area contributed by atoms with E-state index >= 15 is 0 Å². The summed E-state index contributed by atoms with van der Waals surface area (Å²) in [7, 11) is -8.09. The first-order chi connectivity index (χ1) is 11.4. The molecule has 2 rings (SSSR count). The van der Waals surface area contributed by atoms with Crippen LogP contribution in [0.4, 0.5) is 5.69 Å². The number of nitro benzene ring substituents is 1. The molecule has 2 aromatic carbocycles. The molecule has 0 radical (unpaired) electrons. The van der Waals surface area contributed by atoms with Gasteiger partial charge in [0.15, 0.2) is 15.6 Å². The first-order valence-corrected chi connectivity index (χ1v) is 10.8. The summed E-state index contributed by atoms with van der Waals surface area (Å²) in [6.45, 7) is 0. The standard InChI is InChI=1S/C13H9BrClNO7S2/c1-24(19,20)9-3-4-10(14)13(7-9)25(21,22)23-12-5-2-8(16(17)18)6-11(12)15/h2-7H,1H3. The quantitative estimate of drug-likeness (QED) is 0.374. The monoisotopic (exact) mass is 469 g/mol. The molecule has 134 valence electrons. The van der Waals surface area contributed by atoms with Crippen molar-refractivity contribution in [3.05, 3.63) is 56.0 Å². The molecule has 0 aliphatic heterocycles. The number of nitrogens with zero attached hydrogens (tertiary/aromatic N) is 1. The van der Waals surface area contributed by atoms with E-state index in [0.717, 1.165) is 30.5 Å². The highest BCUT2D eigenvalue weighted by Gasteiger charge is 2.24. The number of nitro groups is 1. The minimum Gasteiger partial charge on any atom is -0.377 e. The maximum absolute atomic E-state index is 12.4. The van der Waals surface area contributed by atoms with Crippen molar-refractivity contribution in [2.75, 3.05) is 6.26 Å². The van der Waals surface area contributed by atoms with Crippen molar-refractivity contribution >= 4 is 53.2 Å². The first kappa shape index (κ1) is 19.6. The van der Waals surface area contributed by atoms with Gasteiger partial charge in [0.2, 0.25) is 0 Å². The number of hydrogen-bond donors (Lipinski definition) is 0. The maximum atomic E-state index is 12.4. The summed E-state index contributed by atoms with van der Waals surface area (Å²) in [6.07, 6.45) is 0.931. The van der Waals surface area contributed by atoms with Gasteiger partial charge < -0.3 is 4.18 Å². The second kappa shape index (κ2) is 6.90. The predicted octanol–water partition coefficient (Wildman–Crippen LogP) is 3.18. The highest BCUT2D eigenvalue weighted by molar-refractivity contribution is 9.10. The molecule has 2 aromatic rings. The van der Waals surface area contributed by atoms with Crippen LogP contribution in [0.3, 0.4) is 0 Å². The third-order valence-corrected chi connectivity index (χ3v) is 6.56. The van der Waals surface area contributed by atoms with Gasteiger partial charge in [-0.15, -0.1) is 0 Å². The molecule has 0 atom stereocenters. The van der Waals surface area contributed by atoms with Crippen LogP contribution in [0.2, 0.25) is 5.02 Å². The number of non-ortho nitro benzene ring substituents is 1. The molecule has 0 unspecified atom stereocenters. The van der Waals surface area contributed by atoms with E-state index in [4.69, 9.17) is 15.8 Å². The number of sulfone groups is 1. The molecule has 0 aliphatic carbocycles. The fraction of sp³-hybridized carbons (Fsp3) is 0.0769. The molecule has 0 N–H and O–H groups in total. The summed E-state index contributed by atoms with van der Waals surface area (Å²) < 4.78 is 53.0. The second-order valence-electron chi connectivity index (χ2n) is 4.77. The molecule has 0 bridgehead atoms. The van der Waals surface area contributed by atoms with E-state index < -0.39 is 29.8 Å². The zero-order valence-electron chi connectivity index (χ0n) is 12.3. The summed E-state index contributed by atoms with van der Waals surface area (Å²) in [4.78, 5) is 9.33. The summed E-state index contributed by atoms with van der Waals surface area (Å²) in [5.41, 5.74) is -0.338. The van der Waals surface area contributed by atoms with Gasteiger partial charge in [-0.2, -0.15) is 8.42 Å². The van der Waals surface area contributed by atoms with Crippen molar-refractivity contribution in [3.8, 4) is 5.75 Å². The zero-order chi connectivity index (χ0) is 19.0. The summed E-state index contributed by atoms with van der Waals surface area (Å²) in [5.74, 6) is -0.330. The fourth-order valence-corrected chi connectivity index (χ4v) is 4.61. The molecule has 0 aliphatic rings. The SMILES string of the molecule is CS(=O)(=O)c1ccc(Br)c(S(=O)(=O)Oc2ccc([N+](=O)[O-])cc2Cl)c1. The Kier molecular flexibility index (Phi) is 5.42. The van der Waals surface area contributed by atoms with Crippen LogP contribution in [0.25, 0.3) is 0 Å². The molecule has 12 heteroatoms. The van der Waals surface area contributed by atoms with E-state index in [1.54, 1.807) is 0 Å². The normalized spacial score (nSPS) is 12.0.